The van der Waals surface area contributed by atoms with Gasteiger partial charge in [-0.15, -0.1) is 0 Å². The number of hydrogen-bond donors (Lipinski definition) is 2. The SMILES string of the molecule is CC=Cc1ccc(OCC(O)CNC2CC2)c(OC)c1. The Labute approximate surface area is 120 Å². The van der Waals surface area contributed by atoms with Crippen LogP contribution in [-0.4, -0.2) is 37.5 Å². The molecule has 2 rings (SSSR count). The number of rotatable bonds is 8. The van der Waals surface area contributed by atoms with Gasteiger partial charge in [-0.2, -0.15) is 0 Å². The predicted molar refractivity (Wildman–Crippen MR) is 80.2 cm³/mol. The number of aliphatic hydroxyl groups is 1. The van der Waals surface area contributed by atoms with Crippen LogP contribution in [0.2, 0.25) is 0 Å². The molecular weight excluding hydrogens is 254 g/mol. The van der Waals surface area contributed by atoms with E-state index in [1.165, 1.54) is 12.8 Å². The average Bonchev–Trinajstić information content (AvgIpc) is 3.28. The lowest BCUT2D eigenvalue weighted by Crippen LogP contribution is -2.32. The summed E-state index contributed by atoms with van der Waals surface area (Å²) >= 11 is 0. The van der Waals surface area contributed by atoms with Crippen LogP contribution >= 0.6 is 0 Å². The van der Waals surface area contributed by atoms with Gasteiger partial charge in [0.15, 0.2) is 11.5 Å². The van der Waals surface area contributed by atoms with E-state index >= 15 is 0 Å². The first-order valence-electron chi connectivity index (χ1n) is 7.08. The molecule has 1 aromatic carbocycles. The summed E-state index contributed by atoms with van der Waals surface area (Å²) in [4.78, 5) is 0. The first kappa shape index (κ1) is 14.9. The molecule has 4 nitrogen and oxygen atoms in total. The van der Waals surface area contributed by atoms with E-state index in [0.29, 0.717) is 24.1 Å². The molecule has 1 aliphatic carbocycles. The maximum Gasteiger partial charge on any atom is 0.161 e. The molecule has 0 aromatic heterocycles. The van der Waals surface area contributed by atoms with Gasteiger partial charge in [0.25, 0.3) is 0 Å². The van der Waals surface area contributed by atoms with E-state index in [9.17, 15) is 5.11 Å². The molecule has 1 aliphatic rings. The van der Waals surface area contributed by atoms with Crippen LogP contribution in [-0.2, 0) is 0 Å². The van der Waals surface area contributed by atoms with Gasteiger partial charge in [0.1, 0.15) is 12.7 Å². The van der Waals surface area contributed by atoms with Crippen molar-refractivity contribution in [2.75, 3.05) is 20.3 Å². The quantitative estimate of drug-likeness (QED) is 0.765. The van der Waals surface area contributed by atoms with E-state index in [0.717, 1.165) is 5.56 Å². The van der Waals surface area contributed by atoms with Crippen molar-refractivity contribution in [3.05, 3.63) is 29.8 Å². The van der Waals surface area contributed by atoms with Gasteiger partial charge in [0, 0.05) is 12.6 Å². The molecule has 0 heterocycles. The lowest BCUT2D eigenvalue weighted by Gasteiger charge is -2.15. The Hall–Kier alpha value is -1.52. The number of hydrogen-bond acceptors (Lipinski definition) is 4. The smallest absolute Gasteiger partial charge is 0.161 e. The second-order valence-corrected chi connectivity index (χ2v) is 5.06. The van der Waals surface area contributed by atoms with Crippen LogP contribution in [0.25, 0.3) is 6.08 Å². The maximum atomic E-state index is 9.85. The Morgan fingerprint density at radius 2 is 2.20 bits per heavy atom. The number of allylic oxidation sites excluding steroid dienone is 1. The molecule has 0 saturated heterocycles. The van der Waals surface area contributed by atoms with Crippen LogP contribution in [0, 0.1) is 0 Å². The van der Waals surface area contributed by atoms with Crippen molar-refractivity contribution in [2.24, 2.45) is 0 Å². The molecular formula is C16H23NO3. The van der Waals surface area contributed by atoms with Crippen LogP contribution < -0.4 is 14.8 Å². The van der Waals surface area contributed by atoms with Crippen molar-refractivity contribution >= 4 is 6.08 Å². The van der Waals surface area contributed by atoms with E-state index in [4.69, 9.17) is 9.47 Å². The summed E-state index contributed by atoms with van der Waals surface area (Å²) in [6.45, 7) is 2.81. The van der Waals surface area contributed by atoms with Crippen LogP contribution in [0.3, 0.4) is 0 Å². The molecule has 1 aromatic rings. The minimum atomic E-state index is -0.504. The molecule has 1 atom stereocenters. The topological polar surface area (TPSA) is 50.7 Å². The minimum absolute atomic E-state index is 0.263. The van der Waals surface area contributed by atoms with Crippen molar-refractivity contribution in [2.45, 2.75) is 31.9 Å². The van der Waals surface area contributed by atoms with Gasteiger partial charge in [-0.1, -0.05) is 18.2 Å². The molecule has 110 valence electrons. The van der Waals surface area contributed by atoms with E-state index in [1.807, 2.05) is 37.3 Å². The molecule has 0 amide bonds. The first-order chi connectivity index (χ1) is 9.72. The molecule has 1 fully saturated rings. The van der Waals surface area contributed by atoms with Crippen molar-refractivity contribution in [1.29, 1.82) is 0 Å². The summed E-state index contributed by atoms with van der Waals surface area (Å²) in [5.74, 6) is 1.34. The fourth-order valence-electron chi connectivity index (χ4n) is 1.93. The third-order valence-corrected chi connectivity index (χ3v) is 3.20. The van der Waals surface area contributed by atoms with Crippen LogP contribution in [0.15, 0.2) is 24.3 Å². The fraction of sp³-hybridized carbons (Fsp3) is 0.500. The maximum absolute atomic E-state index is 9.85. The first-order valence-corrected chi connectivity index (χ1v) is 7.08. The summed E-state index contributed by atoms with van der Waals surface area (Å²) in [7, 11) is 1.62. The number of nitrogens with one attached hydrogen (secondary N) is 1. The molecule has 4 heteroatoms. The zero-order valence-corrected chi connectivity index (χ0v) is 12.1. The van der Waals surface area contributed by atoms with E-state index in [2.05, 4.69) is 5.32 Å². The van der Waals surface area contributed by atoms with E-state index in [-0.39, 0.29) is 6.61 Å². The van der Waals surface area contributed by atoms with E-state index < -0.39 is 6.10 Å². The highest BCUT2D eigenvalue weighted by Crippen LogP contribution is 2.28. The minimum Gasteiger partial charge on any atom is -0.493 e. The fourth-order valence-corrected chi connectivity index (χ4v) is 1.93. The average molecular weight is 277 g/mol. The Bertz CT molecular complexity index is 455. The summed E-state index contributed by atoms with van der Waals surface area (Å²) in [5, 5.41) is 13.1. The van der Waals surface area contributed by atoms with Gasteiger partial charge < -0.3 is 19.9 Å². The number of aliphatic hydroxyl groups excluding tert-OH is 1. The Morgan fingerprint density at radius 1 is 1.40 bits per heavy atom. The number of benzene rings is 1. The highest BCUT2D eigenvalue weighted by molar-refractivity contribution is 5.55. The van der Waals surface area contributed by atoms with Gasteiger partial charge in [-0.3, -0.25) is 0 Å². The van der Waals surface area contributed by atoms with Crippen LogP contribution in [0.5, 0.6) is 11.5 Å². The molecule has 20 heavy (non-hydrogen) atoms. The van der Waals surface area contributed by atoms with E-state index in [1.54, 1.807) is 7.11 Å². The number of ether oxygens (including phenoxy) is 2. The Morgan fingerprint density at radius 3 is 2.85 bits per heavy atom. The predicted octanol–water partition coefficient (Wildman–Crippen LogP) is 2.22. The lowest BCUT2D eigenvalue weighted by atomic mass is 10.2. The molecule has 0 bridgehead atoms. The normalized spacial score (nSPS) is 16.4. The van der Waals surface area contributed by atoms with Crippen molar-refractivity contribution in [3.63, 3.8) is 0 Å². The molecule has 1 saturated carbocycles. The second-order valence-electron chi connectivity index (χ2n) is 5.06. The zero-order valence-electron chi connectivity index (χ0n) is 12.1. The standard InChI is InChI=1S/C16H23NO3/c1-3-4-12-5-8-15(16(9-12)19-2)20-11-14(18)10-17-13-6-7-13/h3-5,8-9,13-14,17-18H,6-7,10-11H2,1-2H3. The lowest BCUT2D eigenvalue weighted by molar-refractivity contribution is 0.104. The van der Waals surface area contributed by atoms with Gasteiger partial charge in [0.2, 0.25) is 0 Å². The van der Waals surface area contributed by atoms with Crippen LogP contribution in [0.1, 0.15) is 25.3 Å². The highest BCUT2D eigenvalue weighted by Gasteiger charge is 2.21. The molecule has 2 N–H and O–H groups in total. The molecule has 0 aliphatic heterocycles. The van der Waals surface area contributed by atoms with Gasteiger partial charge in [-0.05, 0) is 37.5 Å². The summed E-state index contributed by atoms with van der Waals surface area (Å²) in [6, 6.07) is 6.35. The zero-order chi connectivity index (χ0) is 14.4. The van der Waals surface area contributed by atoms with Gasteiger partial charge >= 0.3 is 0 Å². The molecule has 1 unspecified atom stereocenters. The van der Waals surface area contributed by atoms with Crippen LogP contribution in [0.4, 0.5) is 0 Å². The largest absolute Gasteiger partial charge is 0.493 e. The monoisotopic (exact) mass is 277 g/mol. The Balaban J connectivity index is 1.87. The second kappa shape index (κ2) is 7.31. The van der Waals surface area contributed by atoms with Gasteiger partial charge in [0.05, 0.1) is 7.11 Å². The Kier molecular flexibility index (Phi) is 5.44. The third kappa shape index (κ3) is 4.54. The summed E-state index contributed by atoms with van der Waals surface area (Å²) < 4.78 is 11.0. The van der Waals surface area contributed by atoms with Gasteiger partial charge in [-0.25, -0.2) is 0 Å². The molecule has 0 spiro atoms. The van der Waals surface area contributed by atoms with Crippen molar-refractivity contribution in [3.8, 4) is 11.5 Å². The summed E-state index contributed by atoms with van der Waals surface area (Å²) in [5.41, 5.74) is 1.06. The third-order valence-electron chi connectivity index (χ3n) is 3.20. The summed E-state index contributed by atoms with van der Waals surface area (Å²) in [6.07, 6.45) is 5.90. The van der Waals surface area contributed by atoms with Crippen molar-refractivity contribution < 1.29 is 14.6 Å². The van der Waals surface area contributed by atoms with Crippen molar-refractivity contribution in [1.82, 2.24) is 5.32 Å². The number of methoxy groups -OCH3 is 1. The highest BCUT2D eigenvalue weighted by atomic mass is 16.5. The molecule has 0 radical (unpaired) electrons.